The summed E-state index contributed by atoms with van der Waals surface area (Å²) < 4.78 is 1.17. The molecule has 1 aromatic carbocycles. The molecule has 1 aliphatic heterocycles. The van der Waals surface area contributed by atoms with Crippen LogP contribution in [-0.2, 0) is 0 Å². The van der Waals surface area contributed by atoms with Crippen molar-refractivity contribution < 1.29 is 0 Å². The molecule has 0 spiro atoms. The van der Waals surface area contributed by atoms with Gasteiger partial charge in [0.2, 0.25) is 0 Å². The summed E-state index contributed by atoms with van der Waals surface area (Å²) in [5.41, 5.74) is 1.39. The van der Waals surface area contributed by atoms with Gasteiger partial charge in [-0.25, -0.2) is 0 Å². The van der Waals surface area contributed by atoms with E-state index < -0.39 is 0 Å². The van der Waals surface area contributed by atoms with Gasteiger partial charge in [0.05, 0.1) is 0 Å². The average molecular weight is 272 g/mol. The van der Waals surface area contributed by atoms with Crippen LogP contribution in [0.1, 0.15) is 18.5 Å². The summed E-state index contributed by atoms with van der Waals surface area (Å²) in [6.45, 7) is 3.41. The van der Waals surface area contributed by atoms with Gasteiger partial charge in [-0.05, 0) is 17.7 Å². The SMILES string of the molecule is CC1SCCNC1c1cccc(Br)c1. The molecule has 1 saturated heterocycles. The van der Waals surface area contributed by atoms with E-state index >= 15 is 0 Å². The molecular formula is C11H14BrNS. The lowest BCUT2D eigenvalue weighted by Gasteiger charge is -2.30. The largest absolute Gasteiger partial charge is 0.308 e. The molecular weight excluding hydrogens is 258 g/mol. The van der Waals surface area contributed by atoms with Crippen LogP contribution in [0.15, 0.2) is 28.7 Å². The highest BCUT2D eigenvalue weighted by Crippen LogP contribution is 2.30. The lowest BCUT2D eigenvalue weighted by atomic mass is 10.0. The quantitative estimate of drug-likeness (QED) is 0.842. The maximum absolute atomic E-state index is 3.57. The molecule has 0 amide bonds. The third kappa shape index (κ3) is 2.33. The van der Waals surface area contributed by atoms with Gasteiger partial charge in [-0.3, -0.25) is 0 Å². The minimum atomic E-state index is 0.506. The molecule has 1 N–H and O–H groups in total. The third-order valence-electron chi connectivity index (χ3n) is 2.52. The summed E-state index contributed by atoms with van der Waals surface area (Å²) in [6, 6.07) is 9.09. The standard InChI is InChI=1S/C11H14BrNS/c1-8-11(13-5-6-14-8)9-3-2-4-10(12)7-9/h2-4,7-8,11,13H,5-6H2,1H3. The Labute approximate surface area is 97.8 Å². The predicted octanol–water partition coefficient (Wildman–Crippen LogP) is 3.22. The van der Waals surface area contributed by atoms with Crippen LogP contribution in [0.4, 0.5) is 0 Å². The zero-order valence-electron chi connectivity index (χ0n) is 8.16. The van der Waals surface area contributed by atoms with Gasteiger partial charge in [0, 0.05) is 28.1 Å². The number of rotatable bonds is 1. The normalized spacial score (nSPS) is 27.6. The minimum absolute atomic E-state index is 0.506. The van der Waals surface area contributed by atoms with E-state index in [1.807, 2.05) is 11.8 Å². The second kappa shape index (κ2) is 4.69. The van der Waals surface area contributed by atoms with Crippen molar-refractivity contribution in [2.45, 2.75) is 18.2 Å². The maximum Gasteiger partial charge on any atom is 0.0438 e. The van der Waals surface area contributed by atoms with Crippen molar-refractivity contribution in [2.75, 3.05) is 12.3 Å². The van der Waals surface area contributed by atoms with Crippen molar-refractivity contribution in [3.05, 3.63) is 34.3 Å². The topological polar surface area (TPSA) is 12.0 Å². The molecule has 1 fully saturated rings. The molecule has 1 heterocycles. The number of nitrogens with one attached hydrogen (secondary N) is 1. The van der Waals surface area contributed by atoms with E-state index in [-0.39, 0.29) is 0 Å². The second-order valence-corrected chi connectivity index (χ2v) is 5.96. The highest BCUT2D eigenvalue weighted by Gasteiger charge is 2.22. The molecule has 1 nitrogen and oxygen atoms in total. The predicted molar refractivity (Wildman–Crippen MR) is 66.8 cm³/mol. The number of benzene rings is 1. The Morgan fingerprint density at radius 2 is 2.36 bits per heavy atom. The lowest BCUT2D eigenvalue weighted by Crippen LogP contribution is -2.35. The first kappa shape index (κ1) is 10.5. The van der Waals surface area contributed by atoms with Crippen molar-refractivity contribution in [3.8, 4) is 0 Å². The highest BCUT2D eigenvalue weighted by atomic mass is 79.9. The van der Waals surface area contributed by atoms with Crippen LogP contribution in [0.5, 0.6) is 0 Å². The van der Waals surface area contributed by atoms with Crippen LogP contribution in [-0.4, -0.2) is 17.5 Å². The monoisotopic (exact) mass is 271 g/mol. The van der Waals surface area contributed by atoms with Gasteiger partial charge in [0.25, 0.3) is 0 Å². The number of hydrogen-bond donors (Lipinski definition) is 1. The lowest BCUT2D eigenvalue weighted by molar-refractivity contribution is 0.534. The van der Waals surface area contributed by atoms with Gasteiger partial charge in [-0.2, -0.15) is 11.8 Å². The number of halogens is 1. The molecule has 0 radical (unpaired) electrons. The van der Waals surface area contributed by atoms with E-state index in [9.17, 15) is 0 Å². The van der Waals surface area contributed by atoms with E-state index in [0.29, 0.717) is 11.3 Å². The molecule has 2 unspecified atom stereocenters. The van der Waals surface area contributed by atoms with E-state index in [0.717, 1.165) is 6.54 Å². The Kier molecular flexibility index (Phi) is 3.52. The summed E-state index contributed by atoms with van der Waals surface area (Å²) in [5.74, 6) is 1.23. The molecule has 2 rings (SSSR count). The van der Waals surface area contributed by atoms with Gasteiger partial charge in [0.1, 0.15) is 0 Å². The molecule has 3 heteroatoms. The summed E-state index contributed by atoms with van der Waals surface area (Å²) in [6.07, 6.45) is 0. The van der Waals surface area contributed by atoms with E-state index in [4.69, 9.17) is 0 Å². The van der Waals surface area contributed by atoms with E-state index in [1.165, 1.54) is 15.8 Å². The maximum atomic E-state index is 3.57. The van der Waals surface area contributed by atoms with Crippen molar-refractivity contribution in [1.29, 1.82) is 0 Å². The molecule has 1 aliphatic rings. The summed E-state index contributed by atoms with van der Waals surface area (Å²) in [5, 5.41) is 4.24. The second-order valence-electron chi connectivity index (χ2n) is 3.56. The van der Waals surface area contributed by atoms with Crippen molar-refractivity contribution in [3.63, 3.8) is 0 Å². The Hall–Kier alpha value is 0.01000. The Morgan fingerprint density at radius 3 is 3.07 bits per heavy atom. The Balaban J connectivity index is 2.20. The van der Waals surface area contributed by atoms with Crippen LogP contribution >= 0.6 is 27.7 Å². The number of hydrogen-bond acceptors (Lipinski definition) is 2. The van der Waals surface area contributed by atoms with Gasteiger partial charge in [-0.1, -0.05) is 35.0 Å². The minimum Gasteiger partial charge on any atom is -0.308 e. The molecule has 0 saturated carbocycles. The average Bonchev–Trinajstić information content (AvgIpc) is 2.18. The van der Waals surface area contributed by atoms with Crippen LogP contribution in [0.25, 0.3) is 0 Å². The van der Waals surface area contributed by atoms with Gasteiger partial charge in [0.15, 0.2) is 0 Å². The third-order valence-corrected chi connectivity index (χ3v) is 4.26. The first-order valence-corrected chi connectivity index (χ1v) is 6.72. The molecule has 0 aromatic heterocycles. The van der Waals surface area contributed by atoms with Gasteiger partial charge < -0.3 is 5.32 Å². The van der Waals surface area contributed by atoms with Crippen LogP contribution in [0.2, 0.25) is 0 Å². The molecule has 0 aliphatic carbocycles. The van der Waals surface area contributed by atoms with Crippen molar-refractivity contribution >= 4 is 27.7 Å². The number of thioether (sulfide) groups is 1. The van der Waals surface area contributed by atoms with E-state index in [2.05, 4.69) is 52.4 Å². The highest BCUT2D eigenvalue weighted by molar-refractivity contribution is 9.10. The summed E-state index contributed by atoms with van der Waals surface area (Å²) >= 11 is 5.56. The smallest absolute Gasteiger partial charge is 0.0438 e. The summed E-state index contributed by atoms with van der Waals surface area (Å²) in [4.78, 5) is 0. The summed E-state index contributed by atoms with van der Waals surface area (Å²) in [7, 11) is 0. The molecule has 14 heavy (non-hydrogen) atoms. The van der Waals surface area contributed by atoms with Crippen LogP contribution in [0.3, 0.4) is 0 Å². The Bertz CT molecular complexity index is 316. The van der Waals surface area contributed by atoms with Gasteiger partial charge in [-0.15, -0.1) is 0 Å². The fraction of sp³-hybridized carbons (Fsp3) is 0.455. The van der Waals surface area contributed by atoms with Crippen LogP contribution < -0.4 is 5.32 Å². The zero-order chi connectivity index (χ0) is 9.97. The molecule has 2 atom stereocenters. The molecule has 1 aromatic rings. The molecule has 76 valence electrons. The molecule has 0 bridgehead atoms. The van der Waals surface area contributed by atoms with Crippen molar-refractivity contribution in [2.24, 2.45) is 0 Å². The zero-order valence-corrected chi connectivity index (χ0v) is 10.6. The van der Waals surface area contributed by atoms with E-state index in [1.54, 1.807) is 0 Å². The first-order chi connectivity index (χ1) is 6.77. The van der Waals surface area contributed by atoms with Crippen molar-refractivity contribution in [1.82, 2.24) is 5.32 Å². The van der Waals surface area contributed by atoms with Crippen LogP contribution in [0, 0.1) is 0 Å². The Morgan fingerprint density at radius 1 is 1.50 bits per heavy atom. The fourth-order valence-corrected chi connectivity index (χ4v) is 3.28. The van der Waals surface area contributed by atoms with Gasteiger partial charge >= 0.3 is 0 Å². The fourth-order valence-electron chi connectivity index (χ4n) is 1.81. The first-order valence-electron chi connectivity index (χ1n) is 4.88.